The monoisotopic (exact) mass is 2020 g/mol. The maximum absolute atomic E-state index is 11.9. The molecular weight excluding hydrogens is 1890 g/mol. The molecule has 0 amide bonds. The SMILES string of the molecule is CCCCOCOc1ccc(C(CC(=O)O)n2ccnc2)cc1.CCOC(=O)CC(c1ccc(OC)cc1)n1ccnc1.CCOCOc1ccc(C(CC(=O)O)n2ccnc2)cc1.CCOCOc1ccc(C(CC(=O)OC)n2ccnc2)cc1.COC(=O)C(C)C(c1ccc(OC)cc1)n1ccnc1.COC(=O)CC(c1ccc(OC(C)(C)C)cc1)n1ccnc1.COC(=O)CC(c1ccc(OC)cc1)n1ccnc1. The van der Waals surface area contributed by atoms with Crippen LogP contribution in [0.15, 0.2) is 301 Å². The first-order valence-corrected chi connectivity index (χ1v) is 47.5. The van der Waals surface area contributed by atoms with Gasteiger partial charge in [0.25, 0.3) is 0 Å². The van der Waals surface area contributed by atoms with Crippen LogP contribution in [0.3, 0.4) is 0 Å². The minimum atomic E-state index is -0.856. The van der Waals surface area contributed by atoms with Gasteiger partial charge in [-0.05, 0) is 179 Å². The van der Waals surface area contributed by atoms with E-state index >= 15 is 0 Å². The van der Waals surface area contributed by atoms with E-state index in [0.717, 1.165) is 80.5 Å². The number of unbranched alkanes of at least 4 members (excludes halogenated alkanes) is 1. The van der Waals surface area contributed by atoms with Crippen molar-refractivity contribution in [2.75, 3.05) is 96.6 Å². The van der Waals surface area contributed by atoms with E-state index in [2.05, 4.69) is 41.8 Å². The highest BCUT2D eigenvalue weighted by Gasteiger charge is 2.30. The number of aliphatic carboxylic acids is 2. The lowest BCUT2D eigenvalue weighted by molar-refractivity contribution is -0.146. The van der Waals surface area contributed by atoms with E-state index in [0.29, 0.717) is 37.9 Å². The number of nitrogens with zero attached hydrogens (tertiary/aromatic N) is 14. The molecule has 0 radical (unpaired) electrons. The number of carboxylic acids is 2. The average Bonchev–Trinajstić information content (AvgIpc) is 1.81. The number of hydrogen-bond donors (Lipinski definition) is 2. The fraction of sp³-hybridized carbons (Fsp3) is 0.358. The van der Waals surface area contributed by atoms with E-state index in [1.54, 1.807) is 150 Å². The third-order valence-corrected chi connectivity index (χ3v) is 22.3. The summed E-state index contributed by atoms with van der Waals surface area (Å²) >= 11 is 0. The van der Waals surface area contributed by atoms with E-state index in [9.17, 15) is 33.6 Å². The molecular formula is C109H134N14O24. The van der Waals surface area contributed by atoms with Crippen LogP contribution in [0.4, 0.5) is 0 Å². The van der Waals surface area contributed by atoms with Crippen LogP contribution in [0.1, 0.15) is 188 Å². The molecule has 0 saturated carbocycles. The Bertz CT molecular complexity index is 5960. The summed E-state index contributed by atoms with van der Waals surface area (Å²) in [5, 5.41) is 18.2. The number of methoxy groups -OCH3 is 7. The number of ether oxygens (including phenoxy) is 15. The minimum Gasteiger partial charge on any atom is -0.497 e. The molecule has 7 aromatic heterocycles. The first kappa shape index (κ1) is 116. The Balaban J connectivity index is 0.000000209. The summed E-state index contributed by atoms with van der Waals surface area (Å²) in [6, 6.07) is 51.7. The zero-order valence-electron chi connectivity index (χ0n) is 85.7. The molecule has 14 rings (SSSR count). The smallest absolute Gasteiger partial charge is 0.310 e. The zero-order valence-corrected chi connectivity index (χ0v) is 85.7. The van der Waals surface area contributed by atoms with Crippen LogP contribution in [0.5, 0.6) is 40.2 Å². The van der Waals surface area contributed by atoms with Gasteiger partial charge in [-0.15, -0.1) is 0 Å². The van der Waals surface area contributed by atoms with Crippen molar-refractivity contribution >= 4 is 41.8 Å². The number of aromatic nitrogens is 14. The van der Waals surface area contributed by atoms with Gasteiger partial charge in [0.05, 0.1) is 194 Å². The highest BCUT2D eigenvalue weighted by molar-refractivity contribution is 5.74. The first-order chi connectivity index (χ1) is 71.2. The normalized spacial score (nSPS) is 12.3. The van der Waals surface area contributed by atoms with Crippen molar-refractivity contribution < 1.29 is 115 Å². The molecule has 147 heavy (non-hydrogen) atoms. The minimum absolute atomic E-state index is 0.00328. The molecule has 0 aliphatic rings. The second kappa shape index (κ2) is 63.7. The molecule has 38 heteroatoms. The van der Waals surface area contributed by atoms with Crippen molar-refractivity contribution in [2.24, 2.45) is 5.92 Å². The molecule has 14 aromatic rings. The number of carbonyl (C=O) groups is 7. The maximum atomic E-state index is 11.9. The predicted molar refractivity (Wildman–Crippen MR) is 545 cm³/mol. The van der Waals surface area contributed by atoms with Gasteiger partial charge in [-0.2, -0.15) is 0 Å². The molecule has 7 aromatic carbocycles. The molecule has 8 unspecified atom stereocenters. The van der Waals surface area contributed by atoms with Crippen LogP contribution < -0.4 is 33.2 Å². The Kier molecular flexibility index (Phi) is 50.3. The third kappa shape index (κ3) is 40.1. The van der Waals surface area contributed by atoms with Crippen molar-refractivity contribution in [2.45, 2.75) is 155 Å². The van der Waals surface area contributed by atoms with Gasteiger partial charge in [0, 0.05) is 100.0 Å². The molecule has 7 heterocycles. The summed E-state index contributed by atoms with van der Waals surface area (Å²) in [5.74, 6) is 1.99. The number of carbonyl (C=O) groups excluding carboxylic acids is 5. The van der Waals surface area contributed by atoms with Gasteiger partial charge in [0.15, 0.2) is 20.4 Å². The highest BCUT2D eigenvalue weighted by atomic mass is 16.7. The summed E-state index contributed by atoms with van der Waals surface area (Å²) in [7, 11) is 10.4. The quantitative estimate of drug-likeness (QED) is 0.0155. The Labute approximate surface area is 856 Å². The summed E-state index contributed by atoms with van der Waals surface area (Å²) in [4.78, 5) is 109. The van der Waals surface area contributed by atoms with Crippen molar-refractivity contribution in [1.29, 1.82) is 0 Å². The molecule has 0 aliphatic heterocycles. The molecule has 0 spiro atoms. The van der Waals surface area contributed by atoms with E-state index in [1.165, 1.54) is 28.4 Å². The molecule has 0 fully saturated rings. The lowest BCUT2D eigenvalue weighted by Gasteiger charge is -2.24. The van der Waals surface area contributed by atoms with E-state index < -0.39 is 11.9 Å². The number of esters is 5. The predicted octanol–water partition coefficient (Wildman–Crippen LogP) is 17.8. The molecule has 784 valence electrons. The lowest BCUT2D eigenvalue weighted by Crippen LogP contribution is -2.25. The largest absolute Gasteiger partial charge is 0.497 e. The zero-order chi connectivity index (χ0) is 106. The van der Waals surface area contributed by atoms with Crippen LogP contribution in [0.25, 0.3) is 0 Å². The van der Waals surface area contributed by atoms with Crippen LogP contribution in [-0.4, -0.2) is 221 Å². The molecule has 8 atom stereocenters. The molecule has 0 aliphatic carbocycles. The van der Waals surface area contributed by atoms with Gasteiger partial charge in [-0.25, -0.2) is 34.9 Å². The van der Waals surface area contributed by atoms with Crippen molar-refractivity contribution in [1.82, 2.24) is 66.9 Å². The van der Waals surface area contributed by atoms with Gasteiger partial charge in [-0.1, -0.05) is 98.3 Å². The fourth-order valence-corrected chi connectivity index (χ4v) is 14.7. The summed E-state index contributed by atoms with van der Waals surface area (Å²) in [5.41, 5.74) is 6.54. The number of hydrogen-bond acceptors (Lipinski definition) is 29. The average molecular weight is 2020 g/mol. The number of carboxylic acid groups (broad SMARTS) is 2. The Morgan fingerprint density at radius 1 is 0.306 bits per heavy atom. The van der Waals surface area contributed by atoms with Crippen LogP contribution in [-0.2, 0) is 71.5 Å². The van der Waals surface area contributed by atoms with Crippen molar-refractivity contribution in [3.63, 3.8) is 0 Å². The van der Waals surface area contributed by atoms with Gasteiger partial charge < -0.3 is 113 Å². The van der Waals surface area contributed by atoms with E-state index in [-0.39, 0.29) is 143 Å². The maximum Gasteiger partial charge on any atom is 0.310 e. The van der Waals surface area contributed by atoms with Crippen molar-refractivity contribution in [3.8, 4) is 40.2 Å². The summed E-state index contributed by atoms with van der Waals surface area (Å²) in [6.45, 7) is 18.5. The van der Waals surface area contributed by atoms with Crippen LogP contribution in [0, 0.1) is 5.92 Å². The molecule has 0 saturated heterocycles. The van der Waals surface area contributed by atoms with Gasteiger partial charge in [0.2, 0.25) is 0 Å². The van der Waals surface area contributed by atoms with Crippen molar-refractivity contribution in [3.05, 3.63) is 340 Å². The second-order valence-electron chi connectivity index (χ2n) is 33.3. The second-order valence-corrected chi connectivity index (χ2v) is 33.3. The topological polar surface area (TPSA) is 423 Å². The van der Waals surface area contributed by atoms with Crippen LogP contribution in [0.2, 0.25) is 0 Å². The van der Waals surface area contributed by atoms with Gasteiger partial charge >= 0.3 is 41.8 Å². The van der Waals surface area contributed by atoms with E-state index in [1.807, 2.05) is 253 Å². The highest BCUT2D eigenvalue weighted by Crippen LogP contribution is 2.34. The standard InChI is InChI=1S/C17H22N2O4.C17H22N2O3.C16H20N2O4.C15H18N2O4.2C15H18N2O3.C14H16N2O3/c1-2-3-10-22-13-23-15-6-4-14(5-7-15)16(11-17(20)21)19-9-8-18-12-19;1-17(2,3)22-14-7-5-13(6-8-14)15(11-16(20)21-4)19-10-9-18-12-19;1-3-21-12-22-14-6-4-13(5-7-14)15(10-16(19)20-2)18-9-8-17-11-18;1-2-20-11-21-13-5-3-12(4-6-13)14(9-15(18)19)17-8-7-16-10-17;1-11(15(18)20-3)14(17-9-8-16-10-17)12-4-6-13(19-2)7-5-12;1-3-20-15(18)10-14(17-9-8-16-11-17)12-4-6-13(19-2)7-5-12;1-18-12-5-3-11(4-6-12)13(9-14(17)19-2)16-8-7-15-10-16/h4-9,12,16H,2-3,10-11,13H2,1H3,(H,20,21);5-10,12,15H,11H2,1-4H3;4-9,11,15H,3,10,12H2,1-2H3;3-8,10,14H,2,9,11H2,1H3,(H,18,19);4-11,14H,1-3H3;4-9,11,14H,3,10H2,1-2H3;3-8,10,13H,9H2,1-2H3. The van der Waals surface area contributed by atoms with Gasteiger partial charge in [-0.3, -0.25) is 33.6 Å². The molecule has 2 N–H and O–H groups in total. The lowest BCUT2D eigenvalue weighted by atomic mass is 9.94. The number of benzene rings is 7. The first-order valence-electron chi connectivity index (χ1n) is 47.5. The Hall–Kier alpha value is -16.2. The fourth-order valence-electron chi connectivity index (χ4n) is 14.7. The third-order valence-electron chi connectivity index (χ3n) is 22.3. The number of rotatable bonds is 47. The molecule has 38 nitrogen and oxygen atoms in total. The summed E-state index contributed by atoms with van der Waals surface area (Å²) in [6.07, 6.45) is 39.3. The number of imidazole rings is 7. The Morgan fingerprint density at radius 3 is 0.789 bits per heavy atom. The van der Waals surface area contributed by atoms with Crippen LogP contribution >= 0.6 is 0 Å². The van der Waals surface area contributed by atoms with Gasteiger partial charge in [0.1, 0.15) is 45.8 Å². The Morgan fingerprint density at radius 2 is 0.558 bits per heavy atom. The summed E-state index contributed by atoms with van der Waals surface area (Å²) < 4.78 is 90.5. The molecule has 0 bridgehead atoms. The van der Waals surface area contributed by atoms with E-state index in [4.69, 9.17) is 81.3 Å².